The van der Waals surface area contributed by atoms with Crippen LogP contribution >= 0.6 is 0 Å². The average Bonchev–Trinajstić information content (AvgIpc) is 3.75. The molecule has 0 saturated carbocycles. The van der Waals surface area contributed by atoms with E-state index in [1.807, 2.05) is 12.1 Å². The molecule has 0 unspecified atom stereocenters. The van der Waals surface area contributed by atoms with Gasteiger partial charge in [0.1, 0.15) is 11.2 Å². The van der Waals surface area contributed by atoms with E-state index < -0.39 is 0 Å². The smallest absolute Gasteiger partial charge is 0.143 e. The van der Waals surface area contributed by atoms with Gasteiger partial charge in [0, 0.05) is 49.7 Å². The summed E-state index contributed by atoms with van der Waals surface area (Å²) in [5.74, 6) is 0. The van der Waals surface area contributed by atoms with Crippen LogP contribution in [0.1, 0.15) is 0 Å². The van der Waals surface area contributed by atoms with E-state index >= 15 is 0 Å². The second-order valence-corrected chi connectivity index (χ2v) is 12.9. The Hall–Kier alpha value is -6.84. The summed E-state index contributed by atoms with van der Waals surface area (Å²) in [6, 6.07) is 69.1. The zero-order chi connectivity index (χ0) is 33.7. The number of para-hydroxylation sites is 6. The molecule has 0 aliphatic rings. The minimum Gasteiger partial charge on any atom is -0.455 e. The highest BCUT2D eigenvalue weighted by molar-refractivity contribution is 6.11. The first kappa shape index (κ1) is 29.1. The average molecular weight is 653 g/mol. The molecule has 0 spiro atoms. The maximum Gasteiger partial charge on any atom is 0.143 e. The molecule has 2 heterocycles. The zero-order valence-electron chi connectivity index (χ0n) is 27.8. The third-order valence-electron chi connectivity index (χ3n) is 9.97. The lowest BCUT2D eigenvalue weighted by molar-refractivity contribution is 0.670. The first-order valence-corrected chi connectivity index (χ1v) is 17.4. The third-order valence-corrected chi connectivity index (χ3v) is 9.97. The van der Waals surface area contributed by atoms with Crippen LogP contribution in [0.25, 0.3) is 71.7 Å². The van der Waals surface area contributed by atoms with Gasteiger partial charge in [0.2, 0.25) is 0 Å². The van der Waals surface area contributed by atoms with Crippen molar-refractivity contribution in [3.8, 4) is 27.9 Å². The van der Waals surface area contributed by atoms with Crippen LogP contribution in [0.4, 0.5) is 17.1 Å². The predicted octanol–water partition coefficient (Wildman–Crippen LogP) is 13.5. The van der Waals surface area contributed by atoms with Crippen LogP contribution in [0.5, 0.6) is 0 Å². The normalized spacial score (nSPS) is 11.5. The minimum atomic E-state index is 0.903. The quantitative estimate of drug-likeness (QED) is 0.178. The summed E-state index contributed by atoms with van der Waals surface area (Å²) in [6.45, 7) is 0. The van der Waals surface area contributed by atoms with Crippen molar-refractivity contribution in [2.45, 2.75) is 0 Å². The highest BCUT2D eigenvalue weighted by Gasteiger charge is 2.19. The van der Waals surface area contributed by atoms with E-state index in [4.69, 9.17) is 4.42 Å². The highest BCUT2D eigenvalue weighted by Crippen LogP contribution is 2.42. The first-order chi connectivity index (χ1) is 25.3. The van der Waals surface area contributed by atoms with E-state index in [1.165, 1.54) is 27.4 Å². The van der Waals surface area contributed by atoms with Crippen molar-refractivity contribution in [2.75, 3.05) is 4.90 Å². The molecule has 10 aromatic rings. The SMILES string of the molecule is c1ccc(N(c2cccc(-c3ccccc3-n3c4ccccc4c4ccccc43)c2)c2cccc(-c3cccc4c3oc3ccccc34)c2)cc1. The van der Waals surface area contributed by atoms with Crippen molar-refractivity contribution >= 4 is 60.8 Å². The van der Waals surface area contributed by atoms with Gasteiger partial charge in [-0.3, -0.25) is 0 Å². The molecule has 3 heteroatoms. The van der Waals surface area contributed by atoms with Crippen LogP contribution in [-0.4, -0.2) is 4.57 Å². The van der Waals surface area contributed by atoms with Crippen molar-refractivity contribution < 1.29 is 4.42 Å². The summed E-state index contributed by atoms with van der Waals surface area (Å²) < 4.78 is 8.86. The van der Waals surface area contributed by atoms with Gasteiger partial charge < -0.3 is 13.9 Å². The Balaban J connectivity index is 1.13. The molecule has 0 saturated heterocycles. The number of anilines is 3. The largest absolute Gasteiger partial charge is 0.455 e. The number of benzene rings is 8. The maximum absolute atomic E-state index is 6.45. The Bertz CT molecular complexity index is 2830. The molecule has 0 amide bonds. The summed E-state index contributed by atoms with van der Waals surface area (Å²) in [7, 11) is 0. The molecule has 8 aromatic carbocycles. The highest BCUT2D eigenvalue weighted by atomic mass is 16.3. The molecule has 0 N–H and O–H groups in total. The molecule has 51 heavy (non-hydrogen) atoms. The molecule has 2 aromatic heterocycles. The fraction of sp³-hybridized carbons (Fsp3) is 0. The number of hydrogen-bond donors (Lipinski definition) is 0. The molecule has 0 radical (unpaired) electrons. The molecular weight excluding hydrogens is 621 g/mol. The summed E-state index contributed by atoms with van der Waals surface area (Å²) in [6.07, 6.45) is 0. The molecular formula is C48H32N2O. The topological polar surface area (TPSA) is 21.3 Å². The van der Waals surface area contributed by atoms with Crippen molar-refractivity contribution in [2.24, 2.45) is 0 Å². The lowest BCUT2D eigenvalue weighted by Crippen LogP contribution is -2.10. The number of nitrogens with zero attached hydrogens (tertiary/aromatic N) is 2. The molecule has 3 nitrogen and oxygen atoms in total. The fourth-order valence-corrected chi connectivity index (χ4v) is 7.72. The van der Waals surface area contributed by atoms with E-state index in [1.54, 1.807) is 0 Å². The Morgan fingerprint density at radius 3 is 1.61 bits per heavy atom. The van der Waals surface area contributed by atoms with Gasteiger partial charge in [-0.05, 0) is 71.8 Å². The van der Waals surface area contributed by atoms with Crippen LogP contribution in [0.3, 0.4) is 0 Å². The van der Waals surface area contributed by atoms with Crippen molar-refractivity contribution in [3.05, 3.63) is 194 Å². The fourth-order valence-electron chi connectivity index (χ4n) is 7.72. The van der Waals surface area contributed by atoms with Crippen LogP contribution in [0, 0.1) is 0 Å². The molecule has 0 aliphatic heterocycles. The van der Waals surface area contributed by atoms with Gasteiger partial charge in [0.25, 0.3) is 0 Å². The third kappa shape index (κ3) is 4.82. The van der Waals surface area contributed by atoms with Gasteiger partial charge in [-0.2, -0.15) is 0 Å². The second-order valence-electron chi connectivity index (χ2n) is 12.9. The predicted molar refractivity (Wildman–Crippen MR) is 214 cm³/mol. The van der Waals surface area contributed by atoms with Gasteiger partial charge in [-0.1, -0.05) is 133 Å². The number of hydrogen-bond acceptors (Lipinski definition) is 2. The molecule has 0 fully saturated rings. The van der Waals surface area contributed by atoms with E-state index in [0.717, 1.165) is 61.4 Å². The van der Waals surface area contributed by atoms with Crippen LogP contribution in [0.2, 0.25) is 0 Å². The van der Waals surface area contributed by atoms with Crippen molar-refractivity contribution in [1.82, 2.24) is 4.57 Å². The van der Waals surface area contributed by atoms with Gasteiger partial charge in [-0.15, -0.1) is 0 Å². The van der Waals surface area contributed by atoms with E-state index in [2.05, 4.69) is 191 Å². The van der Waals surface area contributed by atoms with Crippen LogP contribution in [0.15, 0.2) is 199 Å². The van der Waals surface area contributed by atoms with Gasteiger partial charge in [-0.25, -0.2) is 0 Å². The Morgan fingerprint density at radius 1 is 0.373 bits per heavy atom. The summed E-state index contributed by atoms with van der Waals surface area (Å²) >= 11 is 0. The molecule has 240 valence electrons. The van der Waals surface area contributed by atoms with Gasteiger partial charge in [0.05, 0.1) is 16.7 Å². The van der Waals surface area contributed by atoms with Gasteiger partial charge >= 0.3 is 0 Å². The lowest BCUT2D eigenvalue weighted by atomic mass is 10.0. The monoisotopic (exact) mass is 652 g/mol. The molecule has 0 aliphatic carbocycles. The van der Waals surface area contributed by atoms with Gasteiger partial charge in [0.15, 0.2) is 0 Å². The van der Waals surface area contributed by atoms with Crippen LogP contribution in [-0.2, 0) is 0 Å². The van der Waals surface area contributed by atoms with E-state index in [0.29, 0.717) is 0 Å². The van der Waals surface area contributed by atoms with Crippen LogP contribution < -0.4 is 4.90 Å². The zero-order valence-corrected chi connectivity index (χ0v) is 27.8. The number of furan rings is 1. The number of fused-ring (bicyclic) bond motifs is 6. The molecule has 10 rings (SSSR count). The lowest BCUT2D eigenvalue weighted by Gasteiger charge is -2.26. The summed E-state index contributed by atoms with van der Waals surface area (Å²) in [5.41, 5.74) is 13.1. The Labute approximate surface area is 295 Å². The number of rotatable bonds is 6. The van der Waals surface area contributed by atoms with Crippen molar-refractivity contribution in [3.63, 3.8) is 0 Å². The number of aromatic nitrogens is 1. The summed E-state index contributed by atoms with van der Waals surface area (Å²) in [4.78, 5) is 2.34. The van der Waals surface area contributed by atoms with Crippen molar-refractivity contribution in [1.29, 1.82) is 0 Å². The van der Waals surface area contributed by atoms with E-state index in [9.17, 15) is 0 Å². The standard InChI is InChI=1S/C48H32N2O/c1-2-17-35(18-3-1)49(37-20-13-16-34(32-37)39-25-14-26-43-42-24-7-11-30-47(42)51-48(39)43)36-19-12-15-33(31-36)38-21-4-8-27-44(38)50-45-28-9-5-22-40(45)41-23-6-10-29-46(41)50/h1-32H. The minimum absolute atomic E-state index is 0.903. The molecule has 0 bridgehead atoms. The Kier molecular flexibility index (Phi) is 6.81. The second kappa shape index (κ2) is 11.9. The molecule has 0 atom stereocenters. The first-order valence-electron chi connectivity index (χ1n) is 17.4. The summed E-state index contributed by atoms with van der Waals surface area (Å²) in [5, 5.41) is 4.77. The Morgan fingerprint density at radius 2 is 0.882 bits per heavy atom. The maximum atomic E-state index is 6.45. The van der Waals surface area contributed by atoms with E-state index in [-0.39, 0.29) is 0 Å².